The second kappa shape index (κ2) is 3.39. The highest BCUT2D eigenvalue weighted by Crippen LogP contribution is 2.46. The molecule has 0 spiro atoms. The molecule has 1 aliphatic carbocycles. The van der Waals surface area contributed by atoms with E-state index < -0.39 is 0 Å². The second-order valence-electron chi connectivity index (χ2n) is 4.57. The molecule has 1 aromatic carbocycles. The lowest BCUT2D eigenvalue weighted by atomic mass is 10.0. The molecule has 1 saturated carbocycles. The van der Waals surface area contributed by atoms with Gasteiger partial charge in [-0.1, -0.05) is 12.1 Å². The molecular weight excluding hydrogens is 208 g/mol. The van der Waals surface area contributed by atoms with Gasteiger partial charge in [-0.2, -0.15) is 0 Å². The summed E-state index contributed by atoms with van der Waals surface area (Å²) in [5.41, 5.74) is 9.63. The molecule has 3 heteroatoms. The Morgan fingerprint density at radius 3 is 2.93 bits per heavy atom. The Bertz CT molecular complexity index is 387. The highest BCUT2D eigenvalue weighted by Gasteiger charge is 2.31. The third-order valence-electron chi connectivity index (χ3n) is 3.34. The van der Waals surface area contributed by atoms with Gasteiger partial charge in [-0.3, -0.25) is 0 Å². The maximum atomic E-state index is 6.39. The number of rotatable bonds is 2. The van der Waals surface area contributed by atoms with Crippen LogP contribution in [0, 0.1) is 5.92 Å². The van der Waals surface area contributed by atoms with Gasteiger partial charge in [0.25, 0.3) is 0 Å². The van der Waals surface area contributed by atoms with Crippen molar-refractivity contribution < 1.29 is 0 Å². The molecule has 0 unspecified atom stereocenters. The van der Waals surface area contributed by atoms with Gasteiger partial charge >= 0.3 is 0 Å². The van der Waals surface area contributed by atoms with E-state index in [2.05, 4.69) is 23.5 Å². The first-order valence-electron chi connectivity index (χ1n) is 5.53. The number of nitrogens with one attached hydrogen (secondary N) is 1. The molecule has 15 heavy (non-hydrogen) atoms. The van der Waals surface area contributed by atoms with Gasteiger partial charge in [-0.25, -0.2) is 0 Å². The molecule has 3 N–H and O–H groups in total. The fourth-order valence-corrected chi connectivity index (χ4v) is 2.60. The van der Waals surface area contributed by atoms with E-state index >= 15 is 0 Å². The van der Waals surface area contributed by atoms with Gasteiger partial charge in [-0.05, 0) is 36.0 Å². The Morgan fingerprint density at radius 2 is 2.20 bits per heavy atom. The number of anilines is 1. The average molecular weight is 223 g/mol. The van der Waals surface area contributed by atoms with Crippen LogP contribution in [0.1, 0.15) is 35.4 Å². The van der Waals surface area contributed by atoms with Crippen molar-refractivity contribution in [2.24, 2.45) is 11.7 Å². The Labute approximate surface area is 94.8 Å². The molecule has 1 heterocycles. The van der Waals surface area contributed by atoms with Crippen LogP contribution in [0.3, 0.4) is 0 Å². The van der Waals surface area contributed by atoms with E-state index in [1.54, 1.807) is 0 Å². The van der Waals surface area contributed by atoms with Crippen LogP contribution in [-0.2, 0) is 0 Å². The summed E-state index contributed by atoms with van der Waals surface area (Å²) in [5, 5.41) is 3.48. The van der Waals surface area contributed by atoms with Gasteiger partial charge in [0.05, 0.1) is 5.38 Å². The Hall–Kier alpha value is -0.730. The van der Waals surface area contributed by atoms with Crippen LogP contribution in [0.25, 0.3) is 0 Å². The molecular formula is C12H15ClN2. The average Bonchev–Trinajstić information content (AvgIpc) is 3.04. The second-order valence-corrected chi connectivity index (χ2v) is 5.04. The predicted molar refractivity (Wildman–Crippen MR) is 63.2 cm³/mol. The fourth-order valence-electron chi connectivity index (χ4n) is 2.21. The monoisotopic (exact) mass is 222 g/mol. The normalized spacial score (nSPS) is 25.9. The largest absolute Gasteiger partial charge is 0.383 e. The van der Waals surface area contributed by atoms with Crippen LogP contribution in [0.15, 0.2) is 18.2 Å². The Morgan fingerprint density at radius 1 is 1.40 bits per heavy atom. The van der Waals surface area contributed by atoms with Crippen LogP contribution in [-0.4, -0.2) is 6.54 Å². The highest BCUT2D eigenvalue weighted by molar-refractivity contribution is 6.21. The maximum Gasteiger partial charge on any atom is 0.0613 e. The number of benzene rings is 1. The molecule has 80 valence electrons. The van der Waals surface area contributed by atoms with Crippen molar-refractivity contribution in [3.63, 3.8) is 0 Å². The van der Waals surface area contributed by atoms with Gasteiger partial charge in [0.2, 0.25) is 0 Å². The summed E-state index contributed by atoms with van der Waals surface area (Å²) >= 11 is 6.39. The lowest BCUT2D eigenvalue weighted by molar-refractivity contribution is 0.782. The fraction of sp³-hybridized carbons (Fsp3) is 0.500. The standard InChI is InChI=1S/C12H15ClN2/c13-12(7-1-2-7)8-3-4-11-9(5-8)10(14)6-15-11/h3-5,7,10,12,15H,1-2,6,14H2/t10-,12-/m0/s1. The number of fused-ring (bicyclic) bond motifs is 1. The lowest BCUT2D eigenvalue weighted by Crippen LogP contribution is -2.11. The number of hydrogen-bond acceptors (Lipinski definition) is 2. The first-order chi connectivity index (χ1) is 7.25. The van der Waals surface area contributed by atoms with Crippen molar-refractivity contribution in [3.05, 3.63) is 29.3 Å². The van der Waals surface area contributed by atoms with E-state index in [0.717, 1.165) is 6.54 Å². The minimum Gasteiger partial charge on any atom is -0.383 e. The van der Waals surface area contributed by atoms with Crippen LogP contribution >= 0.6 is 11.6 Å². The summed E-state index contributed by atoms with van der Waals surface area (Å²) in [4.78, 5) is 0. The summed E-state index contributed by atoms with van der Waals surface area (Å²) in [6.45, 7) is 0.842. The summed E-state index contributed by atoms with van der Waals surface area (Å²) in [6, 6.07) is 6.54. The molecule has 0 aromatic heterocycles. The van der Waals surface area contributed by atoms with E-state index in [9.17, 15) is 0 Å². The van der Waals surface area contributed by atoms with Crippen molar-refractivity contribution >= 4 is 17.3 Å². The van der Waals surface area contributed by atoms with Crippen LogP contribution < -0.4 is 11.1 Å². The molecule has 1 aliphatic heterocycles. The Balaban J connectivity index is 1.93. The van der Waals surface area contributed by atoms with E-state index in [4.69, 9.17) is 17.3 Å². The third kappa shape index (κ3) is 1.62. The molecule has 2 atom stereocenters. The van der Waals surface area contributed by atoms with Gasteiger partial charge in [0.15, 0.2) is 0 Å². The molecule has 3 rings (SSSR count). The minimum absolute atomic E-state index is 0.128. The SMILES string of the molecule is N[C@H]1CNc2ccc([C@@H](Cl)C3CC3)cc21. The van der Waals surface area contributed by atoms with Crippen molar-refractivity contribution in [1.82, 2.24) is 0 Å². The molecule has 0 bridgehead atoms. The summed E-state index contributed by atoms with van der Waals surface area (Å²) in [5.74, 6) is 0.690. The summed E-state index contributed by atoms with van der Waals surface area (Å²) in [7, 11) is 0. The number of alkyl halides is 1. The predicted octanol–water partition coefficient (Wildman–Crippen LogP) is 2.80. The number of hydrogen-bond donors (Lipinski definition) is 2. The zero-order valence-electron chi connectivity index (χ0n) is 8.54. The lowest BCUT2D eigenvalue weighted by Gasteiger charge is -2.11. The highest BCUT2D eigenvalue weighted by atomic mass is 35.5. The number of nitrogens with two attached hydrogens (primary N) is 1. The first-order valence-corrected chi connectivity index (χ1v) is 5.97. The van der Waals surface area contributed by atoms with Crippen LogP contribution in [0.2, 0.25) is 0 Å². The Kier molecular flexibility index (Phi) is 2.15. The molecule has 1 fully saturated rings. The third-order valence-corrected chi connectivity index (χ3v) is 3.95. The summed E-state index contributed by atoms with van der Waals surface area (Å²) < 4.78 is 0. The smallest absolute Gasteiger partial charge is 0.0613 e. The van der Waals surface area contributed by atoms with E-state index in [1.165, 1.54) is 29.7 Å². The molecule has 0 radical (unpaired) electrons. The van der Waals surface area contributed by atoms with Gasteiger partial charge < -0.3 is 11.1 Å². The van der Waals surface area contributed by atoms with Crippen LogP contribution in [0.4, 0.5) is 5.69 Å². The molecule has 0 amide bonds. The van der Waals surface area contributed by atoms with E-state index in [1.807, 2.05) is 0 Å². The topological polar surface area (TPSA) is 38.0 Å². The van der Waals surface area contributed by atoms with E-state index in [-0.39, 0.29) is 11.4 Å². The molecule has 0 saturated heterocycles. The zero-order valence-corrected chi connectivity index (χ0v) is 9.30. The summed E-state index contributed by atoms with van der Waals surface area (Å²) in [6.07, 6.45) is 2.55. The van der Waals surface area contributed by atoms with Crippen molar-refractivity contribution in [2.45, 2.75) is 24.3 Å². The molecule has 2 nitrogen and oxygen atoms in total. The molecule has 2 aliphatic rings. The van der Waals surface area contributed by atoms with Crippen molar-refractivity contribution in [2.75, 3.05) is 11.9 Å². The zero-order chi connectivity index (χ0) is 10.4. The van der Waals surface area contributed by atoms with Crippen molar-refractivity contribution in [1.29, 1.82) is 0 Å². The van der Waals surface area contributed by atoms with Crippen molar-refractivity contribution in [3.8, 4) is 0 Å². The quantitative estimate of drug-likeness (QED) is 0.756. The van der Waals surface area contributed by atoms with Gasteiger partial charge in [0, 0.05) is 18.3 Å². The minimum atomic E-state index is 0.128. The molecule has 1 aromatic rings. The van der Waals surface area contributed by atoms with Crippen LogP contribution in [0.5, 0.6) is 0 Å². The van der Waals surface area contributed by atoms with E-state index in [0.29, 0.717) is 5.92 Å². The maximum absolute atomic E-state index is 6.39. The van der Waals surface area contributed by atoms with Gasteiger partial charge in [-0.15, -0.1) is 11.6 Å². The van der Waals surface area contributed by atoms with Gasteiger partial charge in [0.1, 0.15) is 0 Å². The number of halogens is 1. The first kappa shape index (κ1) is 9.49.